The van der Waals surface area contributed by atoms with Crippen molar-refractivity contribution in [3.8, 4) is 0 Å². The van der Waals surface area contributed by atoms with Crippen LogP contribution in [0.1, 0.15) is 181 Å². The van der Waals surface area contributed by atoms with E-state index < -0.39 is 32.5 Å². The maximum absolute atomic E-state index is 12.3. The Morgan fingerprint density at radius 1 is 0.568 bits per heavy atom. The summed E-state index contributed by atoms with van der Waals surface area (Å²) < 4.78 is 26.2. The van der Waals surface area contributed by atoms with Crippen LogP contribution >= 0.6 is 7.82 Å². The van der Waals surface area contributed by atoms with Crippen LogP contribution in [0.2, 0.25) is 0 Å². The van der Waals surface area contributed by atoms with Gasteiger partial charge in [0.05, 0.1) is 6.61 Å². The Morgan fingerprint density at radius 3 is 1.43 bits per heavy atom. The minimum absolute atomic E-state index is 0.212. The standard InChI is InChI=1S/C35H67O8P/c1-3-5-7-9-11-13-15-16-17-18-20-21-23-25-27-29-34(36)41-31-33(32-42-44(38,39)40)43-35(37)30-28-26-24-22-19-14-12-10-8-6-4-2/h20-21,33H,3-19,22-32H2,1-2H3,(H2,38,39,40)/b21-20+/t33-/m1/s1. The van der Waals surface area contributed by atoms with Gasteiger partial charge in [-0.2, -0.15) is 0 Å². The lowest BCUT2D eigenvalue weighted by atomic mass is 10.1. The van der Waals surface area contributed by atoms with Crippen LogP contribution in [0.4, 0.5) is 0 Å². The molecule has 0 spiro atoms. The molecular formula is C35H67O8P. The molecule has 9 heteroatoms. The third-order valence-corrected chi connectivity index (χ3v) is 8.27. The Hall–Kier alpha value is -1.21. The van der Waals surface area contributed by atoms with E-state index in [0.29, 0.717) is 12.8 Å². The van der Waals surface area contributed by atoms with Crippen LogP contribution in [0.5, 0.6) is 0 Å². The van der Waals surface area contributed by atoms with Crippen molar-refractivity contribution in [3.63, 3.8) is 0 Å². The highest BCUT2D eigenvalue weighted by Crippen LogP contribution is 2.36. The van der Waals surface area contributed by atoms with Gasteiger partial charge in [0.2, 0.25) is 0 Å². The number of phosphoric acid groups is 1. The van der Waals surface area contributed by atoms with Crippen LogP contribution < -0.4 is 0 Å². The van der Waals surface area contributed by atoms with Gasteiger partial charge in [-0.05, 0) is 38.5 Å². The predicted molar refractivity (Wildman–Crippen MR) is 179 cm³/mol. The number of ether oxygens (including phenoxy) is 2. The minimum Gasteiger partial charge on any atom is -0.462 e. The molecule has 0 fully saturated rings. The Bertz CT molecular complexity index is 736. The molecule has 0 aromatic heterocycles. The first-order valence-corrected chi connectivity index (χ1v) is 19.5. The summed E-state index contributed by atoms with van der Waals surface area (Å²) in [6.45, 7) is 3.65. The van der Waals surface area contributed by atoms with E-state index in [4.69, 9.17) is 19.3 Å². The molecule has 1 atom stereocenters. The fraction of sp³-hybridized carbons (Fsp3) is 0.886. The van der Waals surface area contributed by atoms with Gasteiger partial charge in [0.1, 0.15) is 6.61 Å². The molecule has 2 N–H and O–H groups in total. The first-order valence-electron chi connectivity index (χ1n) is 18.0. The Kier molecular flexibility index (Phi) is 30.9. The van der Waals surface area contributed by atoms with E-state index in [2.05, 4.69) is 30.5 Å². The number of allylic oxidation sites excluding steroid dienone is 2. The molecule has 0 heterocycles. The van der Waals surface area contributed by atoms with Crippen molar-refractivity contribution in [1.82, 2.24) is 0 Å². The Morgan fingerprint density at radius 2 is 0.955 bits per heavy atom. The highest BCUT2D eigenvalue weighted by molar-refractivity contribution is 7.46. The zero-order valence-electron chi connectivity index (χ0n) is 28.3. The monoisotopic (exact) mass is 646 g/mol. The normalized spacial score (nSPS) is 12.5. The molecule has 0 bridgehead atoms. The number of carbonyl (C=O) groups is 2. The largest absolute Gasteiger partial charge is 0.469 e. The lowest BCUT2D eigenvalue weighted by Crippen LogP contribution is -2.29. The van der Waals surface area contributed by atoms with Crippen molar-refractivity contribution in [3.05, 3.63) is 12.2 Å². The van der Waals surface area contributed by atoms with E-state index in [1.807, 2.05) is 0 Å². The van der Waals surface area contributed by atoms with Crippen molar-refractivity contribution in [2.45, 2.75) is 187 Å². The van der Waals surface area contributed by atoms with Crippen molar-refractivity contribution in [2.75, 3.05) is 13.2 Å². The Balaban J connectivity index is 3.99. The second-order valence-corrected chi connectivity index (χ2v) is 13.4. The predicted octanol–water partition coefficient (Wildman–Crippen LogP) is 10.3. The van der Waals surface area contributed by atoms with Gasteiger partial charge in [-0.15, -0.1) is 0 Å². The van der Waals surface area contributed by atoms with Crippen LogP contribution in [0.25, 0.3) is 0 Å². The molecule has 0 aromatic carbocycles. The molecule has 0 radical (unpaired) electrons. The van der Waals surface area contributed by atoms with Crippen LogP contribution in [-0.4, -0.2) is 41.0 Å². The van der Waals surface area contributed by atoms with E-state index in [-0.39, 0.29) is 19.4 Å². The third-order valence-electron chi connectivity index (χ3n) is 7.78. The van der Waals surface area contributed by atoms with Crippen LogP contribution in [0, 0.1) is 0 Å². The summed E-state index contributed by atoms with van der Waals surface area (Å²) in [4.78, 5) is 42.5. The molecule has 0 amide bonds. The number of unbranched alkanes of at least 4 members (excludes halogenated alkanes) is 21. The van der Waals surface area contributed by atoms with E-state index in [1.54, 1.807) is 0 Å². The third kappa shape index (κ3) is 33.7. The summed E-state index contributed by atoms with van der Waals surface area (Å²) >= 11 is 0. The highest BCUT2D eigenvalue weighted by atomic mass is 31.2. The van der Waals surface area contributed by atoms with Crippen molar-refractivity contribution < 1.29 is 37.9 Å². The van der Waals surface area contributed by atoms with E-state index in [9.17, 15) is 14.2 Å². The van der Waals surface area contributed by atoms with Crippen molar-refractivity contribution in [1.29, 1.82) is 0 Å². The SMILES string of the molecule is CCCCCCCCCCC/C=C/CCCCC(=O)OC[C@H](COP(=O)(O)O)OC(=O)CCCCCCCCCCCCC. The second kappa shape index (κ2) is 31.8. The molecule has 0 unspecified atom stereocenters. The molecule has 0 aromatic rings. The number of carbonyl (C=O) groups excluding carboxylic acids is 2. The first kappa shape index (κ1) is 42.8. The average Bonchev–Trinajstić information content (AvgIpc) is 2.98. The number of esters is 2. The van der Waals surface area contributed by atoms with Gasteiger partial charge in [-0.1, -0.05) is 142 Å². The molecule has 0 aliphatic heterocycles. The summed E-state index contributed by atoms with van der Waals surface area (Å²) in [6.07, 6.45) is 32.2. The molecule has 0 aliphatic carbocycles. The van der Waals surface area contributed by atoms with Crippen molar-refractivity contribution >= 4 is 19.8 Å². The fourth-order valence-electron chi connectivity index (χ4n) is 5.07. The summed E-state index contributed by atoms with van der Waals surface area (Å²) in [5.41, 5.74) is 0. The Labute approximate surface area is 269 Å². The highest BCUT2D eigenvalue weighted by Gasteiger charge is 2.22. The van der Waals surface area contributed by atoms with Gasteiger partial charge < -0.3 is 19.3 Å². The van der Waals surface area contributed by atoms with Gasteiger partial charge in [-0.3, -0.25) is 14.1 Å². The number of hydrogen-bond donors (Lipinski definition) is 2. The summed E-state index contributed by atoms with van der Waals surface area (Å²) in [5.74, 6) is -0.906. The molecule has 0 saturated heterocycles. The van der Waals surface area contributed by atoms with E-state index in [0.717, 1.165) is 38.5 Å². The molecule has 0 rings (SSSR count). The zero-order chi connectivity index (χ0) is 32.6. The number of rotatable bonds is 33. The number of phosphoric ester groups is 1. The first-order chi connectivity index (χ1) is 21.3. The van der Waals surface area contributed by atoms with Gasteiger partial charge >= 0.3 is 19.8 Å². The zero-order valence-corrected chi connectivity index (χ0v) is 29.2. The summed E-state index contributed by atoms with van der Waals surface area (Å²) in [7, 11) is -4.74. The average molecular weight is 647 g/mol. The van der Waals surface area contributed by atoms with Gasteiger partial charge in [0.15, 0.2) is 6.10 Å². The fourth-order valence-corrected chi connectivity index (χ4v) is 5.43. The lowest BCUT2D eigenvalue weighted by Gasteiger charge is -2.18. The van der Waals surface area contributed by atoms with Crippen LogP contribution in [0.3, 0.4) is 0 Å². The summed E-state index contributed by atoms with van der Waals surface area (Å²) in [5, 5.41) is 0. The van der Waals surface area contributed by atoms with Gasteiger partial charge in [-0.25, -0.2) is 4.57 Å². The smallest absolute Gasteiger partial charge is 0.462 e. The molecule has 8 nitrogen and oxygen atoms in total. The van der Waals surface area contributed by atoms with Gasteiger partial charge in [0, 0.05) is 12.8 Å². The topological polar surface area (TPSA) is 119 Å². The molecule has 0 saturated carbocycles. The lowest BCUT2D eigenvalue weighted by molar-refractivity contribution is -0.161. The quantitative estimate of drug-likeness (QED) is 0.0313. The van der Waals surface area contributed by atoms with Crippen LogP contribution in [0.15, 0.2) is 12.2 Å². The maximum atomic E-state index is 12.3. The minimum atomic E-state index is -4.74. The maximum Gasteiger partial charge on any atom is 0.469 e. The number of hydrogen-bond acceptors (Lipinski definition) is 6. The van der Waals surface area contributed by atoms with Gasteiger partial charge in [0.25, 0.3) is 0 Å². The van der Waals surface area contributed by atoms with E-state index in [1.165, 1.54) is 103 Å². The molecule has 44 heavy (non-hydrogen) atoms. The van der Waals surface area contributed by atoms with Crippen LogP contribution in [-0.2, 0) is 28.2 Å². The molecule has 260 valence electrons. The molecule has 0 aliphatic rings. The molecular weight excluding hydrogens is 579 g/mol. The van der Waals surface area contributed by atoms with Crippen molar-refractivity contribution in [2.24, 2.45) is 0 Å². The summed E-state index contributed by atoms with van der Waals surface area (Å²) in [6, 6.07) is 0. The second-order valence-electron chi connectivity index (χ2n) is 12.2. The van der Waals surface area contributed by atoms with E-state index >= 15 is 0 Å².